The highest BCUT2D eigenvalue weighted by molar-refractivity contribution is 5.67. The Balaban J connectivity index is 0.000000340. The van der Waals surface area contributed by atoms with Crippen molar-refractivity contribution in [2.45, 2.75) is 39.9 Å². The van der Waals surface area contributed by atoms with Crippen molar-refractivity contribution in [1.82, 2.24) is 9.80 Å². The number of aliphatic hydroxyl groups excluding tert-OH is 2. The summed E-state index contributed by atoms with van der Waals surface area (Å²) < 4.78 is 10.4. The van der Waals surface area contributed by atoms with Crippen LogP contribution in [0.25, 0.3) is 0 Å². The first-order chi connectivity index (χ1) is 16.5. The first-order valence-electron chi connectivity index (χ1n) is 11.7. The minimum absolute atomic E-state index is 0.0858. The molecular weight excluding hydrogens is 436 g/mol. The third kappa shape index (κ3) is 12.2. The van der Waals surface area contributed by atoms with Gasteiger partial charge in [0.05, 0.1) is 0 Å². The van der Waals surface area contributed by atoms with Gasteiger partial charge in [-0.2, -0.15) is 0 Å². The first kappa shape index (κ1) is 28.9. The van der Waals surface area contributed by atoms with E-state index >= 15 is 0 Å². The summed E-state index contributed by atoms with van der Waals surface area (Å²) >= 11 is 0. The summed E-state index contributed by atoms with van der Waals surface area (Å²) in [7, 11) is 0. The Hall–Kier alpha value is -3.10. The fraction of sp³-hybridized carbons (Fsp3) is 0.462. The number of carbonyl (C=O) groups excluding carboxylic acids is 2. The predicted octanol–water partition coefficient (Wildman–Crippen LogP) is 4.06. The van der Waals surface area contributed by atoms with E-state index in [2.05, 4.69) is 0 Å². The Labute approximate surface area is 202 Å². The van der Waals surface area contributed by atoms with Crippen LogP contribution in [0.2, 0.25) is 0 Å². The maximum absolute atomic E-state index is 11.7. The molecule has 8 nitrogen and oxygen atoms in total. The second kappa shape index (κ2) is 18.3. The van der Waals surface area contributed by atoms with Crippen molar-refractivity contribution >= 4 is 12.2 Å². The SMILES string of the molecule is CCN(CCCO)C(=O)OCc1ccccc1.CCN(CCCO)C(=O)OCc1ccccc1. The number of carbonyl (C=O) groups is 2. The Morgan fingerprint density at radius 1 is 0.676 bits per heavy atom. The summed E-state index contributed by atoms with van der Waals surface area (Å²) in [6.45, 7) is 6.76. The van der Waals surface area contributed by atoms with E-state index in [9.17, 15) is 9.59 Å². The van der Waals surface area contributed by atoms with Gasteiger partial charge in [0, 0.05) is 39.4 Å². The zero-order valence-electron chi connectivity index (χ0n) is 20.3. The molecule has 0 aliphatic heterocycles. The molecule has 0 saturated carbocycles. The maximum Gasteiger partial charge on any atom is 0.410 e. The quantitative estimate of drug-likeness (QED) is 0.481. The van der Waals surface area contributed by atoms with Gasteiger partial charge in [0.2, 0.25) is 0 Å². The van der Waals surface area contributed by atoms with E-state index in [-0.39, 0.29) is 38.6 Å². The van der Waals surface area contributed by atoms with Crippen LogP contribution in [0.1, 0.15) is 37.8 Å². The molecule has 0 aliphatic rings. The van der Waals surface area contributed by atoms with E-state index in [0.717, 1.165) is 11.1 Å². The third-order valence-electron chi connectivity index (χ3n) is 4.86. The topological polar surface area (TPSA) is 99.5 Å². The van der Waals surface area contributed by atoms with E-state index in [4.69, 9.17) is 19.7 Å². The highest BCUT2D eigenvalue weighted by Gasteiger charge is 2.13. The van der Waals surface area contributed by atoms with Crippen LogP contribution in [0.3, 0.4) is 0 Å². The molecule has 2 amide bonds. The largest absolute Gasteiger partial charge is 0.445 e. The summed E-state index contributed by atoms with van der Waals surface area (Å²) in [6, 6.07) is 19.1. The van der Waals surface area contributed by atoms with Crippen LogP contribution in [0.4, 0.5) is 9.59 Å². The Morgan fingerprint density at radius 3 is 1.32 bits per heavy atom. The molecule has 0 bridgehead atoms. The number of nitrogens with zero attached hydrogens (tertiary/aromatic N) is 2. The van der Waals surface area contributed by atoms with Gasteiger partial charge in [0.25, 0.3) is 0 Å². The van der Waals surface area contributed by atoms with Crippen LogP contribution in [0.5, 0.6) is 0 Å². The molecule has 0 fully saturated rings. The minimum atomic E-state index is -0.329. The standard InChI is InChI=1S/2C13H19NO3/c2*1-2-14(9-6-10-15)13(16)17-11-12-7-4-3-5-8-12/h2*3-5,7-8,15H,2,6,9-11H2,1H3. The molecule has 0 atom stereocenters. The van der Waals surface area contributed by atoms with E-state index < -0.39 is 0 Å². The third-order valence-corrected chi connectivity index (χ3v) is 4.86. The molecule has 0 saturated heterocycles. The molecule has 0 aromatic heterocycles. The molecule has 2 N–H and O–H groups in total. The number of rotatable bonds is 12. The van der Waals surface area contributed by atoms with Crippen LogP contribution in [0, 0.1) is 0 Å². The monoisotopic (exact) mass is 474 g/mol. The summed E-state index contributed by atoms with van der Waals surface area (Å²) in [5.74, 6) is 0. The minimum Gasteiger partial charge on any atom is -0.445 e. The van der Waals surface area contributed by atoms with E-state index in [1.807, 2.05) is 74.5 Å². The van der Waals surface area contributed by atoms with Crippen LogP contribution in [0.15, 0.2) is 60.7 Å². The van der Waals surface area contributed by atoms with Crippen molar-refractivity contribution in [3.05, 3.63) is 71.8 Å². The average Bonchev–Trinajstić information content (AvgIpc) is 2.88. The van der Waals surface area contributed by atoms with Gasteiger partial charge in [-0.3, -0.25) is 0 Å². The van der Waals surface area contributed by atoms with Crippen molar-refractivity contribution in [3.63, 3.8) is 0 Å². The Bertz CT molecular complexity index is 721. The van der Waals surface area contributed by atoms with Gasteiger partial charge in [-0.25, -0.2) is 9.59 Å². The van der Waals surface area contributed by atoms with E-state index in [1.165, 1.54) is 0 Å². The smallest absolute Gasteiger partial charge is 0.410 e. The molecule has 0 aliphatic carbocycles. The van der Waals surface area contributed by atoms with Crippen LogP contribution < -0.4 is 0 Å². The molecule has 0 heterocycles. The summed E-state index contributed by atoms with van der Waals surface area (Å²) in [4.78, 5) is 26.5. The second-order valence-electron chi connectivity index (χ2n) is 7.39. The van der Waals surface area contributed by atoms with Crippen molar-refractivity contribution in [1.29, 1.82) is 0 Å². The van der Waals surface area contributed by atoms with Gasteiger partial charge in [0.15, 0.2) is 0 Å². The van der Waals surface area contributed by atoms with Crippen LogP contribution >= 0.6 is 0 Å². The molecule has 0 radical (unpaired) electrons. The highest BCUT2D eigenvalue weighted by Crippen LogP contribution is 2.05. The van der Waals surface area contributed by atoms with Gasteiger partial charge in [-0.05, 0) is 37.8 Å². The van der Waals surface area contributed by atoms with Crippen LogP contribution in [-0.2, 0) is 22.7 Å². The average molecular weight is 475 g/mol. The number of hydrogen-bond donors (Lipinski definition) is 2. The van der Waals surface area contributed by atoms with Gasteiger partial charge in [0.1, 0.15) is 13.2 Å². The van der Waals surface area contributed by atoms with Gasteiger partial charge >= 0.3 is 12.2 Å². The van der Waals surface area contributed by atoms with E-state index in [1.54, 1.807) is 9.80 Å². The molecule has 34 heavy (non-hydrogen) atoms. The highest BCUT2D eigenvalue weighted by atomic mass is 16.6. The van der Waals surface area contributed by atoms with Gasteiger partial charge < -0.3 is 29.5 Å². The lowest BCUT2D eigenvalue weighted by molar-refractivity contribution is 0.0947. The van der Waals surface area contributed by atoms with Crippen molar-refractivity contribution < 1.29 is 29.3 Å². The molecule has 2 aromatic rings. The first-order valence-corrected chi connectivity index (χ1v) is 11.7. The summed E-state index contributed by atoms with van der Waals surface area (Å²) in [5.41, 5.74) is 1.94. The Kier molecular flexibility index (Phi) is 15.6. The summed E-state index contributed by atoms with van der Waals surface area (Å²) in [5, 5.41) is 17.4. The van der Waals surface area contributed by atoms with Crippen molar-refractivity contribution in [2.75, 3.05) is 39.4 Å². The predicted molar refractivity (Wildman–Crippen MR) is 131 cm³/mol. The van der Waals surface area contributed by atoms with Crippen LogP contribution in [-0.4, -0.2) is 71.6 Å². The lowest BCUT2D eigenvalue weighted by Crippen LogP contribution is -2.32. The molecule has 0 spiro atoms. The fourth-order valence-corrected chi connectivity index (χ4v) is 2.90. The molecule has 8 heteroatoms. The number of hydrogen-bond acceptors (Lipinski definition) is 6. The lowest BCUT2D eigenvalue weighted by atomic mass is 10.2. The molecule has 188 valence electrons. The lowest BCUT2D eigenvalue weighted by Gasteiger charge is -2.19. The van der Waals surface area contributed by atoms with Crippen molar-refractivity contribution in [3.8, 4) is 0 Å². The maximum atomic E-state index is 11.7. The van der Waals surface area contributed by atoms with Gasteiger partial charge in [-0.15, -0.1) is 0 Å². The second-order valence-corrected chi connectivity index (χ2v) is 7.39. The molecule has 2 rings (SSSR count). The number of amides is 2. The zero-order chi connectivity index (χ0) is 25.0. The molecule has 2 aromatic carbocycles. The number of aliphatic hydroxyl groups is 2. The number of benzene rings is 2. The zero-order valence-corrected chi connectivity index (χ0v) is 20.3. The van der Waals surface area contributed by atoms with Crippen molar-refractivity contribution in [2.24, 2.45) is 0 Å². The van der Waals surface area contributed by atoms with E-state index in [0.29, 0.717) is 39.0 Å². The Morgan fingerprint density at radius 2 is 1.03 bits per heavy atom. The molecule has 0 unspecified atom stereocenters. The fourth-order valence-electron chi connectivity index (χ4n) is 2.90. The number of ether oxygens (including phenoxy) is 2. The van der Waals surface area contributed by atoms with Gasteiger partial charge in [-0.1, -0.05) is 60.7 Å². The normalized spacial score (nSPS) is 10.0. The summed E-state index contributed by atoms with van der Waals surface area (Å²) in [6.07, 6.45) is 0.498. The molecular formula is C26H38N2O6.